The summed E-state index contributed by atoms with van der Waals surface area (Å²) in [4.78, 5) is 22.8. The van der Waals surface area contributed by atoms with Crippen LogP contribution in [0.25, 0.3) is 0 Å². The molecule has 1 N–H and O–H groups in total. The van der Waals surface area contributed by atoms with Gasteiger partial charge in [-0.2, -0.15) is 0 Å². The maximum absolute atomic E-state index is 12.2. The number of amides is 2. The van der Waals surface area contributed by atoms with Crippen LogP contribution in [0, 0.1) is 0 Å². The van der Waals surface area contributed by atoms with Gasteiger partial charge in [0.25, 0.3) is 0 Å². The van der Waals surface area contributed by atoms with Gasteiger partial charge in [0.2, 0.25) is 0 Å². The van der Waals surface area contributed by atoms with Crippen LogP contribution >= 0.6 is 11.3 Å². The lowest BCUT2D eigenvalue weighted by Gasteiger charge is -2.24. The molecular formula is C13H23N5OS. The second-order valence-electron chi connectivity index (χ2n) is 5.18. The quantitative estimate of drug-likeness (QED) is 0.865. The summed E-state index contributed by atoms with van der Waals surface area (Å²) in [5, 5.41) is 5.81. The van der Waals surface area contributed by atoms with Gasteiger partial charge in [-0.3, -0.25) is 0 Å². The lowest BCUT2D eigenvalue weighted by Crippen LogP contribution is -2.44. The number of hydrogen-bond donors (Lipinski definition) is 1. The van der Waals surface area contributed by atoms with Gasteiger partial charge >= 0.3 is 6.03 Å². The van der Waals surface area contributed by atoms with Gasteiger partial charge in [0.05, 0.1) is 6.54 Å². The van der Waals surface area contributed by atoms with E-state index in [1.54, 1.807) is 17.5 Å². The van der Waals surface area contributed by atoms with Crippen molar-refractivity contribution in [2.45, 2.75) is 6.54 Å². The third-order valence-electron chi connectivity index (χ3n) is 3.53. The molecule has 112 valence electrons. The minimum absolute atomic E-state index is 0.00361. The minimum Gasteiger partial charge on any atom is -0.331 e. The van der Waals surface area contributed by atoms with Crippen LogP contribution < -0.4 is 5.32 Å². The fourth-order valence-electron chi connectivity index (χ4n) is 2.07. The second kappa shape index (κ2) is 7.56. The molecule has 1 fully saturated rings. The average molecular weight is 297 g/mol. The second-order valence-corrected chi connectivity index (χ2v) is 6.16. The van der Waals surface area contributed by atoms with Crippen LogP contribution in [0.3, 0.4) is 0 Å². The first-order valence-electron chi connectivity index (χ1n) is 6.93. The van der Waals surface area contributed by atoms with E-state index >= 15 is 0 Å². The Morgan fingerprint density at radius 3 is 2.35 bits per heavy atom. The first-order chi connectivity index (χ1) is 9.65. The molecule has 20 heavy (non-hydrogen) atoms. The van der Waals surface area contributed by atoms with Crippen LogP contribution in [-0.4, -0.2) is 79.1 Å². The molecule has 1 aromatic heterocycles. The van der Waals surface area contributed by atoms with Crippen LogP contribution in [0.4, 0.5) is 4.79 Å². The summed E-state index contributed by atoms with van der Waals surface area (Å²) in [6, 6.07) is 0.00361. The summed E-state index contributed by atoms with van der Waals surface area (Å²) in [5.41, 5.74) is 0. The van der Waals surface area contributed by atoms with Crippen molar-refractivity contribution in [3.05, 3.63) is 16.6 Å². The number of likely N-dealkylation sites (N-methyl/N-ethyl adjacent to an activating group) is 2. The van der Waals surface area contributed by atoms with Gasteiger partial charge < -0.3 is 20.0 Å². The van der Waals surface area contributed by atoms with E-state index in [-0.39, 0.29) is 6.03 Å². The number of carbonyl (C=O) groups is 1. The number of thiazole rings is 1. The standard InChI is InChI=1S/C13H23N5OS/c1-16-4-5-17(2)7-9-18(8-6-16)13(19)15-11-12-14-3-10-20-12/h3,10H,4-9,11H2,1-2H3,(H,15,19). The van der Waals surface area contributed by atoms with Crippen molar-refractivity contribution in [1.29, 1.82) is 0 Å². The predicted octanol–water partition coefficient (Wildman–Crippen LogP) is 0.532. The van der Waals surface area contributed by atoms with E-state index in [2.05, 4.69) is 34.2 Å². The SMILES string of the molecule is CN1CCN(C)CCN(C(=O)NCc2nccs2)CC1. The molecule has 0 unspecified atom stereocenters. The maximum Gasteiger partial charge on any atom is 0.317 e. The molecule has 0 aromatic carbocycles. The maximum atomic E-state index is 12.2. The lowest BCUT2D eigenvalue weighted by atomic mass is 10.4. The van der Waals surface area contributed by atoms with E-state index in [1.165, 1.54) is 0 Å². The molecule has 1 aromatic rings. The summed E-state index contributed by atoms with van der Waals surface area (Å²) in [6.07, 6.45) is 1.76. The van der Waals surface area contributed by atoms with Crippen LogP contribution in [0.5, 0.6) is 0 Å². The van der Waals surface area contributed by atoms with Gasteiger partial charge in [0.1, 0.15) is 5.01 Å². The van der Waals surface area contributed by atoms with Crippen LogP contribution in [-0.2, 0) is 6.54 Å². The van der Waals surface area contributed by atoms with E-state index < -0.39 is 0 Å². The van der Waals surface area contributed by atoms with Crippen molar-refractivity contribution in [2.75, 3.05) is 53.4 Å². The molecule has 2 amide bonds. The third-order valence-corrected chi connectivity index (χ3v) is 4.31. The number of aromatic nitrogens is 1. The van der Waals surface area contributed by atoms with Gasteiger partial charge in [-0.1, -0.05) is 0 Å². The van der Waals surface area contributed by atoms with Crippen LogP contribution in [0.15, 0.2) is 11.6 Å². The topological polar surface area (TPSA) is 51.7 Å². The molecule has 1 aliphatic rings. The number of urea groups is 1. The first kappa shape index (κ1) is 15.2. The molecular weight excluding hydrogens is 274 g/mol. The molecule has 0 atom stereocenters. The van der Waals surface area contributed by atoms with Gasteiger partial charge in [0, 0.05) is 50.8 Å². The minimum atomic E-state index is 0.00361. The smallest absolute Gasteiger partial charge is 0.317 e. The van der Waals surface area contributed by atoms with Crippen LogP contribution in [0.1, 0.15) is 5.01 Å². The normalized spacial score (nSPS) is 19.2. The Labute approximate surface area is 124 Å². The highest BCUT2D eigenvalue weighted by atomic mass is 32.1. The average Bonchev–Trinajstić information content (AvgIpc) is 2.96. The molecule has 6 nitrogen and oxygen atoms in total. The van der Waals surface area contributed by atoms with Crippen molar-refractivity contribution in [3.8, 4) is 0 Å². The van der Waals surface area contributed by atoms with Gasteiger partial charge in [-0.15, -0.1) is 11.3 Å². The highest BCUT2D eigenvalue weighted by molar-refractivity contribution is 7.09. The Morgan fingerprint density at radius 1 is 1.20 bits per heavy atom. The summed E-state index contributed by atoms with van der Waals surface area (Å²) >= 11 is 1.56. The van der Waals surface area contributed by atoms with Gasteiger partial charge in [-0.25, -0.2) is 9.78 Å². The van der Waals surface area contributed by atoms with Gasteiger partial charge in [-0.05, 0) is 14.1 Å². The molecule has 2 heterocycles. The molecule has 0 radical (unpaired) electrons. The summed E-state index contributed by atoms with van der Waals surface area (Å²) < 4.78 is 0. The molecule has 2 rings (SSSR count). The fraction of sp³-hybridized carbons (Fsp3) is 0.692. The van der Waals surface area contributed by atoms with Crippen molar-refractivity contribution in [1.82, 2.24) is 25.0 Å². The van der Waals surface area contributed by atoms with E-state index in [0.29, 0.717) is 6.54 Å². The Balaban J connectivity index is 1.85. The van der Waals surface area contributed by atoms with Gasteiger partial charge in [0.15, 0.2) is 0 Å². The molecule has 0 saturated carbocycles. The largest absolute Gasteiger partial charge is 0.331 e. The predicted molar refractivity (Wildman–Crippen MR) is 80.9 cm³/mol. The third kappa shape index (κ3) is 4.73. The molecule has 0 aliphatic carbocycles. The van der Waals surface area contributed by atoms with Crippen molar-refractivity contribution in [3.63, 3.8) is 0 Å². The Hall–Kier alpha value is -1.18. The van der Waals surface area contributed by atoms with E-state index in [1.807, 2.05) is 10.3 Å². The lowest BCUT2D eigenvalue weighted by molar-refractivity contribution is 0.189. The molecule has 1 saturated heterocycles. The Morgan fingerprint density at radius 2 is 1.80 bits per heavy atom. The molecule has 7 heteroatoms. The highest BCUT2D eigenvalue weighted by Gasteiger charge is 2.17. The van der Waals surface area contributed by atoms with Crippen LogP contribution in [0.2, 0.25) is 0 Å². The first-order valence-corrected chi connectivity index (χ1v) is 7.81. The zero-order valence-corrected chi connectivity index (χ0v) is 13.0. The van der Waals surface area contributed by atoms with Crippen molar-refractivity contribution >= 4 is 17.4 Å². The molecule has 1 aliphatic heterocycles. The molecule has 0 spiro atoms. The Bertz CT molecular complexity index is 397. The Kier molecular flexibility index (Phi) is 5.75. The summed E-state index contributed by atoms with van der Waals surface area (Å²) in [6.45, 7) is 5.98. The highest BCUT2D eigenvalue weighted by Crippen LogP contribution is 2.04. The zero-order chi connectivity index (χ0) is 14.4. The zero-order valence-electron chi connectivity index (χ0n) is 12.2. The summed E-state index contributed by atoms with van der Waals surface area (Å²) in [5.74, 6) is 0. The van der Waals surface area contributed by atoms with Crippen molar-refractivity contribution < 1.29 is 4.79 Å². The number of hydrogen-bond acceptors (Lipinski definition) is 5. The number of nitrogens with one attached hydrogen (secondary N) is 1. The summed E-state index contributed by atoms with van der Waals surface area (Å²) in [7, 11) is 4.20. The van der Waals surface area contributed by atoms with Crippen molar-refractivity contribution in [2.24, 2.45) is 0 Å². The monoisotopic (exact) mass is 297 g/mol. The van der Waals surface area contributed by atoms with E-state index in [9.17, 15) is 4.79 Å². The number of carbonyl (C=O) groups excluding carboxylic acids is 1. The fourth-order valence-corrected chi connectivity index (χ4v) is 2.62. The van der Waals surface area contributed by atoms with E-state index in [4.69, 9.17) is 0 Å². The molecule has 0 bridgehead atoms. The van der Waals surface area contributed by atoms with E-state index in [0.717, 1.165) is 44.3 Å². The number of nitrogens with zero attached hydrogens (tertiary/aromatic N) is 4. The number of rotatable bonds is 2.